The monoisotopic (exact) mass is 271 g/mol. The molecule has 0 radical (unpaired) electrons. The SMILES string of the molecule is CN(C)CCCCNc1ccncc1Br. The van der Waals surface area contributed by atoms with E-state index in [0.717, 1.165) is 23.2 Å². The lowest BCUT2D eigenvalue weighted by atomic mass is 10.3. The molecule has 0 fully saturated rings. The first-order valence-electron chi connectivity index (χ1n) is 5.18. The molecule has 0 spiro atoms. The molecule has 15 heavy (non-hydrogen) atoms. The summed E-state index contributed by atoms with van der Waals surface area (Å²) in [4.78, 5) is 6.23. The number of nitrogens with one attached hydrogen (secondary N) is 1. The first-order valence-corrected chi connectivity index (χ1v) is 5.97. The molecular formula is C11H18BrN3. The van der Waals surface area contributed by atoms with E-state index in [1.165, 1.54) is 12.8 Å². The summed E-state index contributed by atoms with van der Waals surface area (Å²) >= 11 is 3.46. The number of nitrogens with zero attached hydrogens (tertiary/aromatic N) is 2. The number of halogens is 1. The summed E-state index contributed by atoms with van der Waals surface area (Å²) in [5, 5.41) is 3.38. The summed E-state index contributed by atoms with van der Waals surface area (Å²) in [5.74, 6) is 0. The van der Waals surface area contributed by atoms with E-state index in [4.69, 9.17) is 0 Å². The van der Waals surface area contributed by atoms with E-state index in [1.54, 1.807) is 6.20 Å². The Morgan fingerprint density at radius 1 is 1.40 bits per heavy atom. The van der Waals surface area contributed by atoms with Crippen molar-refractivity contribution in [2.75, 3.05) is 32.5 Å². The van der Waals surface area contributed by atoms with Crippen LogP contribution in [0.3, 0.4) is 0 Å². The van der Waals surface area contributed by atoms with Crippen LogP contribution in [0.25, 0.3) is 0 Å². The Morgan fingerprint density at radius 3 is 2.87 bits per heavy atom. The largest absolute Gasteiger partial charge is 0.384 e. The van der Waals surface area contributed by atoms with Crippen molar-refractivity contribution in [1.82, 2.24) is 9.88 Å². The van der Waals surface area contributed by atoms with E-state index in [0.29, 0.717) is 0 Å². The average Bonchev–Trinajstić information content (AvgIpc) is 2.20. The molecule has 1 heterocycles. The molecule has 4 heteroatoms. The van der Waals surface area contributed by atoms with Crippen LogP contribution < -0.4 is 5.32 Å². The minimum absolute atomic E-state index is 1.01. The van der Waals surface area contributed by atoms with Crippen molar-refractivity contribution in [2.24, 2.45) is 0 Å². The molecule has 1 aromatic heterocycles. The van der Waals surface area contributed by atoms with Crippen LogP contribution in [0.1, 0.15) is 12.8 Å². The zero-order valence-corrected chi connectivity index (χ0v) is 10.9. The molecule has 0 aliphatic rings. The van der Waals surface area contributed by atoms with Gasteiger partial charge in [-0.2, -0.15) is 0 Å². The van der Waals surface area contributed by atoms with Crippen molar-refractivity contribution in [1.29, 1.82) is 0 Å². The molecule has 84 valence electrons. The predicted octanol–water partition coefficient (Wildman–Crippen LogP) is 2.60. The Morgan fingerprint density at radius 2 is 2.20 bits per heavy atom. The molecular weight excluding hydrogens is 254 g/mol. The molecule has 0 saturated carbocycles. The lowest BCUT2D eigenvalue weighted by molar-refractivity contribution is 0.396. The standard InChI is InChI=1S/C11H18BrN3/c1-15(2)8-4-3-6-14-11-5-7-13-9-10(11)12/h5,7,9H,3-4,6,8H2,1-2H3,(H,13,14). The summed E-state index contributed by atoms with van der Waals surface area (Å²) < 4.78 is 1.03. The molecule has 1 N–H and O–H groups in total. The van der Waals surface area contributed by atoms with Gasteiger partial charge < -0.3 is 10.2 Å². The minimum Gasteiger partial charge on any atom is -0.384 e. The maximum Gasteiger partial charge on any atom is 0.0590 e. The van der Waals surface area contributed by atoms with Crippen LogP contribution in [0, 0.1) is 0 Å². The van der Waals surface area contributed by atoms with Crippen LogP contribution in [-0.4, -0.2) is 37.1 Å². The highest BCUT2D eigenvalue weighted by Gasteiger charge is 1.97. The van der Waals surface area contributed by atoms with E-state index in [2.05, 4.69) is 45.2 Å². The topological polar surface area (TPSA) is 28.2 Å². The van der Waals surface area contributed by atoms with Gasteiger partial charge in [0.15, 0.2) is 0 Å². The highest BCUT2D eigenvalue weighted by Crippen LogP contribution is 2.19. The number of aromatic nitrogens is 1. The smallest absolute Gasteiger partial charge is 0.0590 e. The van der Waals surface area contributed by atoms with Gasteiger partial charge in [-0.05, 0) is 55.5 Å². The predicted molar refractivity (Wildman–Crippen MR) is 68.2 cm³/mol. The average molecular weight is 272 g/mol. The fourth-order valence-electron chi connectivity index (χ4n) is 1.29. The van der Waals surface area contributed by atoms with Gasteiger partial charge >= 0.3 is 0 Å². The van der Waals surface area contributed by atoms with E-state index in [9.17, 15) is 0 Å². The third kappa shape index (κ3) is 5.14. The second-order valence-electron chi connectivity index (χ2n) is 3.79. The van der Waals surface area contributed by atoms with Gasteiger partial charge in [-0.15, -0.1) is 0 Å². The number of anilines is 1. The Hall–Kier alpha value is -0.610. The van der Waals surface area contributed by atoms with Gasteiger partial charge in [-0.1, -0.05) is 0 Å². The third-order valence-corrected chi connectivity index (χ3v) is 2.75. The normalized spacial score (nSPS) is 10.7. The molecule has 0 aliphatic heterocycles. The molecule has 0 saturated heterocycles. The van der Waals surface area contributed by atoms with Crippen LogP contribution in [0.5, 0.6) is 0 Å². The lowest BCUT2D eigenvalue weighted by Gasteiger charge is -2.10. The van der Waals surface area contributed by atoms with Crippen LogP contribution >= 0.6 is 15.9 Å². The fourth-order valence-corrected chi connectivity index (χ4v) is 1.69. The van der Waals surface area contributed by atoms with Crippen molar-refractivity contribution in [3.8, 4) is 0 Å². The Kier molecular flexibility index (Phi) is 5.65. The third-order valence-electron chi connectivity index (χ3n) is 2.12. The van der Waals surface area contributed by atoms with Crippen molar-refractivity contribution in [3.05, 3.63) is 22.9 Å². The molecule has 3 nitrogen and oxygen atoms in total. The summed E-state index contributed by atoms with van der Waals surface area (Å²) in [6.07, 6.45) is 6.02. The molecule has 0 unspecified atom stereocenters. The Balaban J connectivity index is 2.18. The van der Waals surface area contributed by atoms with Gasteiger partial charge in [0, 0.05) is 18.9 Å². The first kappa shape index (κ1) is 12.5. The number of rotatable bonds is 6. The van der Waals surface area contributed by atoms with Gasteiger partial charge in [0.25, 0.3) is 0 Å². The van der Waals surface area contributed by atoms with Crippen molar-refractivity contribution in [2.45, 2.75) is 12.8 Å². The molecule has 0 atom stereocenters. The van der Waals surface area contributed by atoms with Gasteiger partial charge in [0.05, 0.1) is 10.2 Å². The van der Waals surface area contributed by atoms with Gasteiger partial charge in [-0.3, -0.25) is 4.98 Å². The summed E-state index contributed by atoms with van der Waals surface area (Å²) in [6.45, 7) is 2.16. The summed E-state index contributed by atoms with van der Waals surface area (Å²) in [6, 6.07) is 1.98. The Bertz CT molecular complexity index is 289. The van der Waals surface area contributed by atoms with E-state index < -0.39 is 0 Å². The van der Waals surface area contributed by atoms with E-state index in [1.807, 2.05) is 12.3 Å². The summed E-state index contributed by atoms with van der Waals surface area (Å²) in [7, 11) is 4.21. The number of hydrogen-bond donors (Lipinski definition) is 1. The van der Waals surface area contributed by atoms with Gasteiger partial charge in [-0.25, -0.2) is 0 Å². The second-order valence-corrected chi connectivity index (χ2v) is 4.65. The van der Waals surface area contributed by atoms with Gasteiger partial charge in [0.1, 0.15) is 0 Å². The minimum atomic E-state index is 1.01. The maximum atomic E-state index is 4.02. The lowest BCUT2D eigenvalue weighted by Crippen LogP contribution is -2.14. The second kappa shape index (κ2) is 6.80. The van der Waals surface area contributed by atoms with Crippen LogP contribution in [0.2, 0.25) is 0 Å². The fraction of sp³-hybridized carbons (Fsp3) is 0.545. The molecule has 1 rings (SSSR count). The molecule has 0 aliphatic carbocycles. The van der Waals surface area contributed by atoms with Crippen molar-refractivity contribution in [3.63, 3.8) is 0 Å². The highest BCUT2D eigenvalue weighted by molar-refractivity contribution is 9.10. The van der Waals surface area contributed by atoms with Crippen LogP contribution in [0.4, 0.5) is 5.69 Å². The summed E-state index contributed by atoms with van der Waals surface area (Å²) in [5.41, 5.74) is 1.12. The molecule has 1 aromatic rings. The zero-order valence-electron chi connectivity index (χ0n) is 9.33. The molecule has 0 aromatic carbocycles. The molecule has 0 amide bonds. The Labute approximate surface area is 100 Å². The van der Waals surface area contributed by atoms with E-state index >= 15 is 0 Å². The van der Waals surface area contributed by atoms with Gasteiger partial charge in [0.2, 0.25) is 0 Å². The molecule has 0 bridgehead atoms. The quantitative estimate of drug-likeness (QED) is 0.807. The maximum absolute atomic E-state index is 4.02. The first-order chi connectivity index (χ1) is 7.20. The zero-order chi connectivity index (χ0) is 11.1. The number of pyridine rings is 1. The van der Waals surface area contributed by atoms with E-state index in [-0.39, 0.29) is 0 Å². The van der Waals surface area contributed by atoms with Crippen molar-refractivity contribution < 1.29 is 0 Å². The number of hydrogen-bond acceptors (Lipinski definition) is 3. The van der Waals surface area contributed by atoms with Crippen molar-refractivity contribution >= 4 is 21.6 Å². The van der Waals surface area contributed by atoms with Crippen LogP contribution in [-0.2, 0) is 0 Å². The number of unbranched alkanes of at least 4 members (excludes halogenated alkanes) is 1. The highest BCUT2D eigenvalue weighted by atomic mass is 79.9. The van der Waals surface area contributed by atoms with Crippen LogP contribution in [0.15, 0.2) is 22.9 Å².